The zero-order chi connectivity index (χ0) is 19.5. The first-order valence-corrected chi connectivity index (χ1v) is 10.5. The van der Waals surface area contributed by atoms with E-state index in [2.05, 4.69) is 27.3 Å². The van der Waals surface area contributed by atoms with E-state index in [4.69, 9.17) is 0 Å². The van der Waals surface area contributed by atoms with Crippen molar-refractivity contribution in [1.82, 2.24) is 30.0 Å². The minimum atomic E-state index is 0.142. The normalized spacial score (nSPS) is 21.8. The van der Waals surface area contributed by atoms with Crippen LogP contribution in [0.2, 0.25) is 0 Å². The third-order valence-electron chi connectivity index (χ3n) is 6.24. The molecule has 28 heavy (non-hydrogen) atoms. The number of amides is 1. The van der Waals surface area contributed by atoms with Gasteiger partial charge in [0.15, 0.2) is 0 Å². The Morgan fingerprint density at radius 1 is 1.18 bits per heavy atom. The average Bonchev–Trinajstić information content (AvgIpc) is 3.24. The molecule has 0 bridgehead atoms. The van der Waals surface area contributed by atoms with Gasteiger partial charge in [0.05, 0.1) is 5.69 Å². The van der Waals surface area contributed by atoms with E-state index in [1.807, 2.05) is 30.0 Å². The van der Waals surface area contributed by atoms with Gasteiger partial charge in [-0.2, -0.15) is 0 Å². The first-order valence-electron chi connectivity index (χ1n) is 10.5. The number of hydrogen-bond donors (Lipinski definition) is 0. The summed E-state index contributed by atoms with van der Waals surface area (Å²) in [6.07, 6.45) is 6.51. The van der Waals surface area contributed by atoms with E-state index in [-0.39, 0.29) is 5.91 Å². The lowest BCUT2D eigenvalue weighted by atomic mass is 9.94. The Bertz CT molecular complexity index is 797. The molecule has 2 aromatic rings. The first-order chi connectivity index (χ1) is 13.6. The second-order valence-electron chi connectivity index (χ2n) is 8.50. The lowest BCUT2D eigenvalue weighted by Gasteiger charge is -2.38. The van der Waals surface area contributed by atoms with E-state index < -0.39 is 0 Å². The Morgan fingerprint density at radius 2 is 2.00 bits per heavy atom. The summed E-state index contributed by atoms with van der Waals surface area (Å²) in [6.45, 7) is 9.63. The zero-order valence-electron chi connectivity index (χ0n) is 16.9. The zero-order valence-corrected chi connectivity index (χ0v) is 16.9. The molecule has 0 saturated carbocycles. The van der Waals surface area contributed by atoms with Crippen molar-refractivity contribution < 1.29 is 4.79 Å². The standard InChI is InChI=1S/C21H30N6O/c1-16-7-10-25(11-8-16)13-18-4-3-9-26(14-18)21(28)19-5-6-20(17(2)12-19)27-15-22-23-24-27/h5-6,12,15-16,18H,3-4,7-11,13-14H2,1-2H3. The molecule has 150 valence electrons. The van der Waals surface area contributed by atoms with Gasteiger partial charge >= 0.3 is 0 Å². The fraction of sp³-hybridized carbons (Fsp3) is 0.619. The molecule has 1 unspecified atom stereocenters. The average molecular weight is 383 g/mol. The van der Waals surface area contributed by atoms with Crippen molar-refractivity contribution in [1.29, 1.82) is 0 Å². The molecule has 0 N–H and O–H groups in total. The summed E-state index contributed by atoms with van der Waals surface area (Å²) >= 11 is 0. The number of aromatic nitrogens is 4. The molecule has 0 spiro atoms. The number of nitrogens with zero attached hydrogens (tertiary/aromatic N) is 6. The van der Waals surface area contributed by atoms with Gasteiger partial charge in [0, 0.05) is 25.2 Å². The summed E-state index contributed by atoms with van der Waals surface area (Å²) in [7, 11) is 0. The Morgan fingerprint density at radius 3 is 2.71 bits per heavy atom. The number of piperidine rings is 2. The molecule has 1 aromatic carbocycles. The fourth-order valence-corrected chi connectivity index (χ4v) is 4.51. The summed E-state index contributed by atoms with van der Waals surface area (Å²) < 4.78 is 1.62. The molecule has 1 atom stereocenters. The maximum atomic E-state index is 13.1. The minimum absolute atomic E-state index is 0.142. The number of tetrazole rings is 1. The number of hydrogen-bond acceptors (Lipinski definition) is 5. The predicted molar refractivity (Wildman–Crippen MR) is 107 cm³/mol. The van der Waals surface area contributed by atoms with Crippen LogP contribution in [0, 0.1) is 18.8 Å². The van der Waals surface area contributed by atoms with Crippen LogP contribution in [0.3, 0.4) is 0 Å². The van der Waals surface area contributed by atoms with Crippen LogP contribution in [0.25, 0.3) is 5.69 Å². The van der Waals surface area contributed by atoms with Crippen LogP contribution in [0.15, 0.2) is 24.5 Å². The Balaban J connectivity index is 1.39. The van der Waals surface area contributed by atoms with Crippen LogP contribution in [0.1, 0.15) is 48.5 Å². The molecule has 0 aliphatic carbocycles. The molecule has 2 saturated heterocycles. The highest BCUT2D eigenvalue weighted by atomic mass is 16.2. The number of carbonyl (C=O) groups excluding carboxylic acids is 1. The van der Waals surface area contributed by atoms with Crippen LogP contribution in [-0.4, -0.2) is 68.6 Å². The molecule has 1 amide bonds. The van der Waals surface area contributed by atoms with Gasteiger partial charge in [-0.25, -0.2) is 4.68 Å². The lowest BCUT2D eigenvalue weighted by molar-refractivity contribution is 0.0622. The van der Waals surface area contributed by atoms with Crippen molar-refractivity contribution in [2.24, 2.45) is 11.8 Å². The lowest BCUT2D eigenvalue weighted by Crippen LogP contribution is -2.45. The van der Waals surface area contributed by atoms with Gasteiger partial charge < -0.3 is 9.80 Å². The third-order valence-corrected chi connectivity index (χ3v) is 6.24. The van der Waals surface area contributed by atoms with Gasteiger partial charge in [0.2, 0.25) is 0 Å². The van der Waals surface area contributed by atoms with Crippen LogP contribution < -0.4 is 0 Å². The molecule has 2 aliphatic heterocycles. The second kappa shape index (κ2) is 8.39. The largest absolute Gasteiger partial charge is 0.338 e. The van der Waals surface area contributed by atoms with Crippen LogP contribution in [0.4, 0.5) is 0 Å². The second-order valence-corrected chi connectivity index (χ2v) is 8.50. The Labute approximate surface area is 166 Å². The van der Waals surface area contributed by atoms with E-state index in [1.165, 1.54) is 32.4 Å². The first kappa shape index (κ1) is 19.1. The SMILES string of the molecule is Cc1cc(C(=O)N2CCCC(CN3CCC(C)CC3)C2)ccc1-n1cnnn1. The summed E-state index contributed by atoms with van der Waals surface area (Å²) in [5, 5.41) is 11.3. The monoisotopic (exact) mass is 382 g/mol. The summed E-state index contributed by atoms with van der Waals surface area (Å²) in [4.78, 5) is 17.7. The number of likely N-dealkylation sites (tertiary alicyclic amines) is 2. The Kier molecular flexibility index (Phi) is 5.71. The quantitative estimate of drug-likeness (QED) is 0.813. The van der Waals surface area contributed by atoms with Gasteiger partial charge in [-0.3, -0.25) is 4.79 Å². The molecule has 0 radical (unpaired) electrons. The molecule has 7 nitrogen and oxygen atoms in total. The topological polar surface area (TPSA) is 67.2 Å². The van der Waals surface area contributed by atoms with Crippen molar-refractivity contribution in [2.75, 3.05) is 32.7 Å². The highest BCUT2D eigenvalue weighted by molar-refractivity contribution is 5.94. The molecule has 2 aliphatic rings. The van der Waals surface area contributed by atoms with Crippen LogP contribution >= 0.6 is 0 Å². The fourth-order valence-electron chi connectivity index (χ4n) is 4.51. The van der Waals surface area contributed by atoms with E-state index in [0.29, 0.717) is 5.92 Å². The van der Waals surface area contributed by atoms with Crippen molar-refractivity contribution >= 4 is 5.91 Å². The van der Waals surface area contributed by atoms with E-state index in [9.17, 15) is 4.79 Å². The number of rotatable bonds is 4. The van der Waals surface area contributed by atoms with E-state index in [0.717, 1.165) is 48.8 Å². The third kappa shape index (κ3) is 4.24. The highest BCUT2D eigenvalue weighted by Gasteiger charge is 2.27. The van der Waals surface area contributed by atoms with Gasteiger partial charge in [-0.1, -0.05) is 6.92 Å². The van der Waals surface area contributed by atoms with E-state index in [1.54, 1.807) is 11.0 Å². The van der Waals surface area contributed by atoms with Crippen molar-refractivity contribution in [2.45, 2.75) is 39.5 Å². The minimum Gasteiger partial charge on any atom is -0.338 e. The number of benzene rings is 1. The highest BCUT2D eigenvalue weighted by Crippen LogP contribution is 2.23. The molecular formula is C21H30N6O. The van der Waals surface area contributed by atoms with Crippen molar-refractivity contribution in [3.8, 4) is 5.69 Å². The maximum absolute atomic E-state index is 13.1. The molecular weight excluding hydrogens is 352 g/mol. The Hall–Kier alpha value is -2.28. The molecule has 1 aromatic heterocycles. The van der Waals surface area contributed by atoms with Crippen molar-refractivity contribution in [3.63, 3.8) is 0 Å². The molecule has 4 rings (SSSR count). The summed E-state index contributed by atoms with van der Waals surface area (Å²) in [6, 6.07) is 5.77. The summed E-state index contributed by atoms with van der Waals surface area (Å²) in [5.41, 5.74) is 2.65. The van der Waals surface area contributed by atoms with Gasteiger partial charge in [-0.15, -0.1) is 5.10 Å². The maximum Gasteiger partial charge on any atom is 0.253 e. The predicted octanol–water partition coefficient (Wildman–Crippen LogP) is 2.55. The van der Waals surface area contributed by atoms with E-state index >= 15 is 0 Å². The van der Waals surface area contributed by atoms with Crippen LogP contribution in [0.5, 0.6) is 0 Å². The summed E-state index contributed by atoms with van der Waals surface area (Å²) in [5.74, 6) is 1.59. The number of aryl methyl sites for hydroxylation is 1. The van der Waals surface area contributed by atoms with Gasteiger partial charge in [0.1, 0.15) is 6.33 Å². The van der Waals surface area contributed by atoms with Crippen LogP contribution in [-0.2, 0) is 0 Å². The van der Waals surface area contributed by atoms with Gasteiger partial charge in [0.25, 0.3) is 5.91 Å². The number of carbonyl (C=O) groups is 1. The molecule has 3 heterocycles. The van der Waals surface area contributed by atoms with Crippen molar-refractivity contribution in [3.05, 3.63) is 35.7 Å². The van der Waals surface area contributed by atoms with Gasteiger partial charge in [-0.05, 0) is 91.7 Å². The molecule has 7 heteroatoms. The smallest absolute Gasteiger partial charge is 0.253 e. The molecule has 2 fully saturated rings.